The highest BCUT2D eigenvalue weighted by molar-refractivity contribution is 7.70. The quantitative estimate of drug-likeness (QED) is 0.651. The maximum atomic E-state index is 11.0. The zero-order chi connectivity index (χ0) is 9.19. The average molecular weight is 189 g/mol. The van der Waals surface area contributed by atoms with E-state index in [0.717, 1.165) is 7.11 Å². The lowest BCUT2D eigenvalue weighted by atomic mass is 10.5. The molecule has 12 heavy (non-hydrogen) atoms. The largest absolute Gasteiger partial charge is 0.773 e. The summed E-state index contributed by atoms with van der Waals surface area (Å²) in [4.78, 5) is 21.8. The lowest BCUT2D eigenvalue weighted by molar-refractivity contribution is -0.192. The highest BCUT2D eigenvalue weighted by atomic mass is 31.2. The Kier molecular flexibility index (Phi) is 2.47. The first kappa shape index (κ1) is 9.19. The highest BCUT2D eigenvalue weighted by Gasteiger charge is 2.22. The van der Waals surface area contributed by atoms with Gasteiger partial charge in [0.2, 0.25) is 7.60 Å². The summed E-state index contributed by atoms with van der Waals surface area (Å²) in [7, 11) is -3.51. The number of carbonyl (C=O) groups is 1. The first-order chi connectivity index (χ1) is 5.58. The van der Waals surface area contributed by atoms with Gasteiger partial charge in [-0.15, -0.1) is 0 Å². The summed E-state index contributed by atoms with van der Waals surface area (Å²) < 4.78 is 19.4. The van der Waals surface area contributed by atoms with Crippen LogP contribution in [0.15, 0.2) is 22.8 Å². The van der Waals surface area contributed by atoms with E-state index in [4.69, 9.17) is 0 Å². The van der Waals surface area contributed by atoms with E-state index in [-0.39, 0.29) is 5.76 Å². The molecule has 0 spiro atoms. The third-order valence-corrected chi connectivity index (χ3v) is 2.42. The van der Waals surface area contributed by atoms with Crippen LogP contribution in [-0.4, -0.2) is 12.6 Å². The van der Waals surface area contributed by atoms with E-state index in [1.165, 1.54) is 18.4 Å². The van der Waals surface area contributed by atoms with Crippen molar-refractivity contribution in [2.24, 2.45) is 0 Å². The second-order valence-corrected chi connectivity index (χ2v) is 3.73. The van der Waals surface area contributed by atoms with Crippen LogP contribution in [0.2, 0.25) is 0 Å². The van der Waals surface area contributed by atoms with Crippen molar-refractivity contribution in [3.63, 3.8) is 0 Å². The highest BCUT2D eigenvalue weighted by Crippen LogP contribution is 2.39. The lowest BCUT2D eigenvalue weighted by Crippen LogP contribution is -2.12. The molecule has 1 heterocycles. The van der Waals surface area contributed by atoms with Crippen molar-refractivity contribution in [3.8, 4) is 0 Å². The van der Waals surface area contributed by atoms with Crippen molar-refractivity contribution in [3.05, 3.63) is 24.2 Å². The molecule has 0 saturated heterocycles. The molecule has 6 heteroatoms. The van der Waals surface area contributed by atoms with Gasteiger partial charge in [0.25, 0.3) is 5.52 Å². The normalized spacial score (nSPS) is 15.5. The molecule has 1 rings (SSSR count). The molecule has 0 aromatic carbocycles. The van der Waals surface area contributed by atoms with Crippen LogP contribution in [0.5, 0.6) is 0 Å². The van der Waals surface area contributed by atoms with Gasteiger partial charge >= 0.3 is 0 Å². The molecule has 0 N–H and O–H groups in total. The van der Waals surface area contributed by atoms with Crippen LogP contribution in [-0.2, 0) is 9.09 Å². The number of carbonyl (C=O) groups excluding carboxylic acids is 1. The smallest absolute Gasteiger partial charge is 0.268 e. The van der Waals surface area contributed by atoms with Crippen LogP contribution in [0.3, 0.4) is 0 Å². The molecule has 0 amide bonds. The van der Waals surface area contributed by atoms with Crippen LogP contribution in [0.25, 0.3) is 0 Å². The Morgan fingerprint density at radius 2 is 2.42 bits per heavy atom. The zero-order valence-electron chi connectivity index (χ0n) is 6.22. The minimum Gasteiger partial charge on any atom is -0.773 e. The predicted octanol–water partition coefficient (Wildman–Crippen LogP) is 0.620. The Bertz CT molecular complexity index is 315. The van der Waals surface area contributed by atoms with E-state index in [1.54, 1.807) is 0 Å². The van der Waals surface area contributed by atoms with Crippen LogP contribution < -0.4 is 4.89 Å². The average Bonchev–Trinajstić information content (AvgIpc) is 2.55. The van der Waals surface area contributed by atoms with Gasteiger partial charge in [0.05, 0.1) is 6.26 Å². The van der Waals surface area contributed by atoms with E-state index < -0.39 is 13.1 Å². The van der Waals surface area contributed by atoms with Crippen LogP contribution in [0.1, 0.15) is 10.6 Å². The molecule has 66 valence electrons. The molecule has 1 unspecified atom stereocenters. The molecule has 1 aromatic rings. The summed E-state index contributed by atoms with van der Waals surface area (Å²) >= 11 is 0. The van der Waals surface area contributed by atoms with E-state index >= 15 is 0 Å². The lowest BCUT2D eigenvalue weighted by Gasteiger charge is -2.16. The van der Waals surface area contributed by atoms with E-state index in [1.807, 2.05) is 0 Å². The van der Waals surface area contributed by atoms with Gasteiger partial charge in [0.1, 0.15) is 0 Å². The minimum atomic E-state index is -4.44. The van der Waals surface area contributed by atoms with Crippen molar-refractivity contribution in [2.45, 2.75) is 0 Å². The van der Waals surface area contributed by atoms with Gasteiger partial charge in [0, 0.05) is 7.11 Å². The summed E-state index contributed by atoms with van der Waals surface area (Å²) in [6, 6.07) is 2.68. The van der Waals surface area contributed by atoms with Gasteiger partial charge < -0.3 is 18.4 Å². The van der Waals surface area contributed by atoms with Gasteiger partial charge in [-0.05, 0) is 12.1 Å². The Morgan fingerprint density at radius 1 is 1.75 bits per heavy atom. The molecule has 1 atom stereocenters. The number of furan rings is 1. The predicted molar refractivity (Wildman–Crippen MR) is 37.7 cm³/mol. The molecule has 0 bridgehead atoms. The zero-order valence-corrected chi connectivity index (χ0v) is 7.11. The van der Waals surface area contributed by atoms with E-state index in [0.29, 0.717) is 0 Å². The Morgan fingerprint density at radius 3 is 2.83 bits per heavy atom. The third kappa shape index (κ3) is 1.64. The summed E-state index contributed by atoms with van der Waals surface area (Å²) in [6.07, 6.45) is 1.21. The topological polar surface area (TPSA) is 79.6 Å². The monoisotopic (exact) mass is 189 g/mol. The first-order valence-electron chi connectivity index (χ1n) is 3.03. The fraction of sp³-hybridized carbons (Fsp3) is 0.167. The molecule has 1 aromatic heterocycles. The van der Waals surface area contributed by atoms with Gasteiger partial charge in [-0.1, -0.05) is 0 Å². The SMILES string of the molecule is COP(=O)([O-])C(=O)c1ccco1. The maximum Gasteiger partial charge on any atom is 0.268 e. The third-order valence-electron chi connectivity index (χ3n) is 1.22. The summed E-state index contributed by atoms with van der Waals surface area (Å²) in [5.41, 5.74) is -1.14. The molecule has 0 aliphatic rings. The summed E-state index contributed by atoms with van der Waals surface area (Å²) in [5, 5.41) is 0. The Labute approximate surface area is 68.5 Å². The second-order valence-electron chi connectivity index (χ2n) is 1.96. The number of rotatable bonds is 3. The van der Waals surface area contributed by atoms with Crippen molar-refractivity contribution >= 4 is 13.1 Å². The fourth-order valence-corrected chi connectivity index (χ4v) is 1.18. The maximum absolute atomic E-state index is 11.0. The van der Waals surface area contributed by atoms with Gasteiger partial charge in [-0.25, -0.2) is 0 Å². The first-order valence-corrected chi connectivity index (χ1v) is 4.57. The summed E-state index contributed by atoms with van der Waals surface area (Å²) in [5.74, 6) is -0.241. The Balaban J connectivity index is 2.94. The van der Waals surface area contributed by atoms with Gasteiger partial charge in [-0.2, -0.15) is 0 Å². The van der Waals surface area contributed by atoms with Crippen LogP contribution >= 0.6 is 7.60 Å². The van der Waals surface area contributed by atoms with Crippen molar-refractivity contribution in [1.29, 1.82) is 0 Å². The molecule has 0 aliphatic carbocycles. The standard InChI is InChI=1S/C6H7O5P/c1-10-12(8,9)6(7)5-3-2-4-11-5/h2-4H,1H3,(H,8,9)/p-1. The fourth-order valence-electron chi connectivity index (χ4n) is 0.618. The number of hydrogen-bond donors (Lipinski definition) is 0. The number of hydrogen-bond acceptors (Lipinski definition) is 5. The molecule has 0 saturated carbocycles. The van der Waals surface area contributed by atoms with Crippen LogP contribution in [0.4, 0.5) is 0 Å². The van der Waals surface area contributed by atoms with E-state index in [9.17, 15) is 14.3 Å². The molecule has 0 aliphatic heterocycles. The molecule has 0 radical (unpaired) electrons. The molecular weight excluding hydrogens is 183 g/mol. The van der Waals surface area contributed by atoms with Gasteiger partial charge in [-0.3, -0.25) is 4.79 Å². The summed E-state index contributed by atoms with van der Waals surface area (Å²) in [6.45, 7) is 0. The van der Waals surface area contributed by atoms with Crippen molar-refractivity contribution < 1.29 is 23.2 Å². The van der Waals surface area contributed by atoms with Crippen molar-refractivity contribution in [2.75, 3.05) is 7.11 Å². The van der Waals surface area contributed by atoms with Gasteiger partial charge in [0.15, 0.2) is 5.76 Å². The second kappa shape index (κ2) is 3.23. The minimum absolute atomic E-state index is 0.241. The molecule has 0 fully saturated rings. The molecule has 5 nitrogen and oxygen atoms in total. The van der Waals surface area contributed by atoms with E-state index in [2.05, 4.69) is 8.94 Å². The Hall–Kier alpha value is -0.900. The van der Waals surface area contributed by atoms with Crippen LogP contribution in [0, 0.1) is 0 Å². The molecular formula is C6H6O5P-. The van der Waals surface area contributed by atoms with Crippen molar-refractivity contribution in [1.82, 2.24) is 0 Å².